The van der Waals surface area contributed by atoms with Crippen molar-refractivity contribution in [2.45, 2.75) is 60.0 Å². The molecule has 0 saturated heterocycles. The van der Waals surface area contributed by atoms with Gasteiger partial charge < -0.3 is 10.1 Å². The van der Waals surface area contributed by atoms with Crippen LogP contribution in [0, 0.1) is 5.41 Å². The normalized spacial score (nSPS) is 12.1. The average molecular weight is 243 g/mol. The van der Waals surface area contributed by atoms with Gasteiger partial charge in [-0.25, -0.2) is 4.79 Å². The molecule has 4 nitrogen and oxygen atoms in total. The van der Waals surface area contributed by atoms with E-state index in [1.807, 2.05) is 0 Å². The first-order valence-corrected chi connectivity index (χ1v) is 6.08. The molecule has 0 rings (SSSR count). The van der Waals surface area contributed by atoms with Gasteiger partial charge in [-0.15, -0.1) is 0 Å². The topological polar surface area (TPSA) is 55.4 Å². The SMILES string of the molecule is CCCC(C)(C)CNC(=O)C(=O)OC(C)(C)C. The summed E-state index contributed by atoms with van der Waals surface area (Å²) in [7, 11) is 0. The first-order chi connectivity index (χ1) is 7.57. The van der Waals surface area contributed by atoms with Crippen molar-refractivity contribution in [3.8, 4) is 0 Å². The van der Waals surface area contributed by atoms with Crippen LogP contribution in [0.5, 0.6) is 0 Å². The van der Waals surface area contributed by atoms with E-state index < -0.39 is 17.5 Å². The Morgan fingerprint density at radius 1 is 1.12 bits per heavy atom. The van der Waals surface area contributed by atoms with Gasteiger partial charge in [-0.3, -0.25) is 4.79 Å². The second kappa shape index (κ2) is 6.03. The Bertz CT molecular complexity index is 277. The van der Waals surface area contributed by atoms with Gasteiger partial charge in [0.1, 0.15) is 5.60 Å². The number of carbonyl (C=O) groups excluding carboxylic acids is 2. The molecule has 1 amide bonds. The van der Waals surface area contributed by atoms with Gasteiger partial charge in [0.15, 0.2) is 0 Å². The number of hydrogen-bond donors (Lipinski definition) is 1. The first-order valence-electron chi connectivity index (χ1n) is 6.08. The summed E-state index contributed by atoms with van der Waals surface area (Å²) in [4.78, 5) is 22.9. The second-order valence-corrected chi connectivity index (χ2v) is 6.10. The van der Waals surface area contributed by atoms with Crippen LogP contribution in [0.25, 0.3) is 0 Å². The fourth-order valence-electron chi connectivity index (χ4n) is 1.48. The van der Waals surface area contributed by atoms with E-state index in [1.165, 1.54) is 0 Å². The number of esters is 1. The molecule has 0 aromatic rings. The molecule has 0 radical (unpaired) electrons. The van der Waals surface area contributed by atoms with Crippen LogP contribution < -0.4 is 5.32 Å². The number of amides is 1. The van der Waals surface area contributed by atoms with Crippen molar-refractivity contribution in [3.05, 3.63) is 0 Å². The molecule has 0 spiro atoms. The van der Waals surface area contributed by atoms with Crippen molar-refractivity contribution in [3.63, 3.8) is 0 Å². The van der Waals surface area contributed by atoms with Crippen molar-refractivity contribution < 1.29 is 14.3 Å². The summed E-state index contributed by atoms with van der Waals surface area (Å²) < 4.78 is 4.97. The van der Waals surface area contributed by atoms with E-state index >= 15 is 0 Å². The zero-order valence-corrected chi connectivity index (χ0v) is 11.8. The van der Waals surface area contributed by atoms with Crippen LogP contribution in [0.15, 0.2) is 0 Å². The Balaban J connectivity index is 4.15. The molecule has 0 aliphatic heterocycles. The van der Waals surface area contributed by atoms with Gasteiger partial charge in [0.25, 0.3) is 0 Å². The smallest absolute Gasteiger partial charge is 0.397 e. The minimum atomic E-state index is -0.815. The van der Waals surface area contributed by atoms with E-state index in [4.69, 9.17) is 4.74 Å². The Morgan fingerprint density at radius 2 is 1.65 bits per heavy atom. The zero-order chi connectivity index (χ0) is 13.7. The molecule has 0 bridgehead atoms. The minimum absolute atomic E-state index is 0.00637. The number of hydrogen-bond acceptors (Lipinski definition) is 3. The lowest BCUT2D eigenvalue weighted by molar-refractivity contribution is -0.163. The molecule has 17 heavy (non-hydrogen) atoms. The van der Waals surface area contributed by atoms with Gasteiger partial charge in [0, 0.05) is 6.54 Å². The molecule has 100 valence electrons. The summed E-state index contributed by atoms with van der Waals surface area (Å²) in [6.45, 7) is 11.9. The van der Waals surface area contributed by atoms with Gasteiger partial charge in [0.2, 0.25) is 0 Å². The van der Waals surface area contributed by atoms with E-state index in [0.717, 1.165) is 12.8 Å². The van der Waals surface area contributed by atoms with Crippen molar-refractivity contribution in [2.75, 3.05) is 6.54 Å². The quantitative estimate of drug-likeness (QED) is 0.608. The number of carbonyl (C=O) groups is 2. The van der Waals surface area contributed by atoms with Gasteiger partial charge in [0.05, 0.1) is 0 Å². The number of rotatable bonds is 4. The van der Waals surface area contributed by atoms with Crippen molar-refractivity contribution in [1.82, 2.24) is 5.32 Å². The summed E-state index contributed by atoms with van der Waals surface area (Å²) in [5, 5.41) is 2.62. The summed E-state index contributed by atoms with van der Waals surface area (Å²) in [5.41, 5.74) is -0.625. The Hall–Kier alpha value is -1.06. The van der Waals surface area contributed by atoms with Crippen LogP contribution >= 0.6 is 0 Å². The van der Waals surface area contributed by atoms with Gasteiger partial charge in [-0.05, 0) is 32.6 Å². The molecular weight excluding hydrogens is 218 g/mol. The van der Waals surface area contributed by atoms with E-state index in [2.05, 4.69) is 26.1 Å². The van der Waals surface area contributed by atoms with Crippen molar-refractivity contribution >= 4 is 11.9 Å². The number of nitrogens with one attached hydrogen (secondary N) is 1. The van der Waals surface area contributed by atoms with Crippen molar-refractivity contribution in [1.29, 1.82) is 0 Å². The monoisotopic (exact) mass is 243 g/mol. The molecule has 0 heterocycles. The number of ether oxygens (including phenoxy) is 1. The summed E-state index contributed by atoms with van der Waals surface area (Å²) >= 11 is 0. The van der Waals surface area contributed by atoms with E-state index in [1.54, 1.807) is 20.8 Å². The fourth-order valence-corrected chi connectivity index (χ4v) is 1.48. The highest BCUT2D eigenvalue weighted by Gasteiger charge is 2.25. The molecule has 0 saturated carbocycles. The maximum atomic E-state index is 11.5. The van der Waals surface area contributed by atoms with Crippen LogP contribution in [0.3, 0.4) is 0 Å². The molecule has 0 unspecified atom stereocenters. The predicted octanol–water partition coefficient (Wildman–Crippen LogP) is 2.27. The third-order valence-electron chi connectivity index (χ3n) is 2.24. The van der Waals surface area contributed by atoms with E-state index in [9.17, 15) is 9.59 Å². The molecule has 0 aliphatic rings. The lowest BCUT2D eigenvalue weighted by Crippen LogP contribution is -2.41. The Labute approximate surface area is 104 Å². The maximum Gasteiger partial charge on any atom is 0.397 e. The fraction of sp³-hybridized carbons (Fsp3) is 0.846. The lowest BCUT2D eigenvalue weighted by atomic mass is 9.88. The Kier molecular flexibility index (Phi) is 5.66. The Morgan fingerprint density at radius 3 is 2.06 bits per heavy atom. The standard InChI is InChI=1S/C13H25NO3/c1-7-8-13(5,6)9-14-10(15)11(16)17-12(2,3)4/h7-9H2,1-6H3,(H,14,15). The largest absolute Gasteiger partial charge is 0.453 e. The van der Waals surface area contributed by atoms with E-state index in [-0.39, 0.29) is 5.41 Å². The van der Waals surface area contributed by atoms with Crippen LogP contribution in [0.2, 0.25) is 0 Å². The molecule has 0 aromatic carbocycles. The third-order valence-corrected chi connectivity index (χ3v) is 2.24. The van der Waals surface area contributed by atoms with Gasteiger partial charge >= 0.3 is 11.9 Å². The molecule has 4 heteroatoms. The summed E-state index contributed by atoms with van der Waals surface area (Å²) in [6.07, 6.45) is 2.05. The third kappa shape index (κ3) is 7.77. The van der Waals surface area contributed by atoms with Gasteiger partial charge in [-0.1, -0.05) is 27.2 Å². The van der Waals surface area contributed by atoms with Crippen LogP contribution in [0.4, 0.5) is 0 Å². The molecule has 1 N–H and O–H groups in total. The first kappa shape index (κ1) is 15.9. The molecule has 0 fully saturated rings. The average Bonchev–Trinajstić information content (AvgIpc) is 2.11. The molecule has 0 aromatic heterocycles. The predicted molar refractivity (Wildman–Crippen MR) is 67.5 cm³/mol. The van der Waals surface area contributed by atoms with Crippen LogP contribution in [-0.4, -0.2) is 24.0 Å². The van der Waals surface area contributed by atoms with E-state index in [0.29, 0.717) is 6.54 Å². The minimum Gasteiger partial charge on any atom is -0.453 e. The highest BCUT2D eigenvalue weighted by atomic mass is 16.6. The molecular formula is C13H25NO3. The van der Waals surface area contributed by atoms with Crippen LogP contribution in [0.1, 0.15) is 54.4 Å². The van der Waals surface area contributed by atoms with Crippen LogP contribution in [-0.2, 0) is 14.3 Å². The second-order valence-electron chi connectivity index (χ2n) is 6.10. The molecule has 0 atom stereocenters. The maximum absolute atomic E-state index is 11.5. The molecule has 0 aliphatic carbocycles. The highest BCUT2D eigenvalue weighted by molar-refractivity contribution is 6.32. The summed E-state index contributed by atoms with van der Waals surface area (Å²) in [6, 6.07) is 0. The summed E-state index contributed by atoms with van der Waals surface area (Å²) in [5.74, 6) is -1.48. The lowest BCUT2D eigenvalue weighted by Gasteiger charge is -2.24. The van der Waals surface area contributed by atoms with Gasteiger partial charge in [-0.2, -0.15) is 0 Å². The van der Waals surface area contributed by atoms with Crippen molar-refractivity contribution in [2.24, 2.45) is 5.41 Å². The highest BCUT2D eigenvalue weighted by Crippen LogP contribution is 2.20. The zero-order valence-electron chi connectivity index (χ0n) is 11.8.